The molecule has 1 N–H and O–H groups in total. The van der Waals surface area contributed by atoms with Crippen LogP contribution in [0.15, 0.2) is 0 Å². The van der Waals surface area contributed by atoms with E-state index in [2.05, 4.69) is 5.32 Å². The monoisotopic (exact) mass is 254 g/mol. The van der Waals surface area contributed by atoms with Gasteiger partial charge in [0.15, 0.2) is 0 Å². The number of ether oxygens (including phenoxy) is 1. The Morgan fingerprint density at radius 2 is 2.33 bits per heavy atom. The number of amides is 2. The number of nitrogens with one attached hydrogen (secondary N) is 1. The van der Waals surface area contributed by atoms with Crippen molar-refractivity contribution in [2.75, 3.05) is 33.4 Å². The number of carbonyl (C=O) groups is 2. The van der Waals surface area contributed by atoms with Crippen LogP contribution in [0.4, 0.5) is 0 Å². The van der Waals surface area contributed by atoms with Gasteiger partial charge in [0, 0.05) is 33.2 Å². The van der Waals surface area contributed by atoms with Crippen molar-refractivity contribution >= 4 is 11.8 Å². The molecule has 0 aromatic carbocycles. The Kier molecular flexibility index (Phi) is 4.58. The lowest BCUT2D eigenvalue weighted by Gasteiger charge is -2.30. The molecule has 0 spiro atoms. The quantitative estimate of drug-likeness (QED) is 0.793. The van der Waals surface area contributed by atoms with Crippen LogP contribution in [0.2, 0.25) is 0 Å². The highest BCUT2D eigenvalue weighted by Crippen LogP contribution is 2.18. The van der Waals surface area contributed by atoms with Gasteiger partial charge in [0.1, 0.15) is 0 Å². The SMILES string of the molecule is CN(CC1CCCOC1)C(=O)C1CCC(=O)NC1. The summed E-state index contributed by atoms with van der Waals surface area (Å²) in [6.07, 6.45) is 3.37. The summed E-state index contributed by atoms with van der Waals surface area (Å²) in [5, 5.41) is 2.76. The van der Waals surface area contributed by atoms with E-state index in [0.717, 1.165) is 32.6 Å². The van der Waals surface area contributed by atoms with Crippen molar-refractivity contribution in [1.82, 2.24) is 10.2 Å². The van der Waals surface area contributed by atoms with Crippen LogP contribution in [0, 0.1) is 11.8 Å². The zero-order valence-electron chi connectivity index (χ0n) is 11.0. The van der Waals surface area contributed by atoms with Gasteiger partial charge in [-0.2, -0.15) is 0 Å². The zero-order valence-corrected chi connectivity index (χ0v) is 11.0. The number of piperidine rings is 1. The van der Waals surface area contributed by atoms with Crippen LogP contribution in [0.25, 0.3) is 0 Å². The summed E-state index contributed by atoms with van der Waals surface area (Å²) in [4.78, 5) is 25.1. The van der Waals surface area contributed by atoms with Gasteiger partial charge >= 0.3 is 0 Å². The van der Waals surface area contributed by atoms with Crippen molar-refractivity contribution in [3.63, 3.8) is 0 Å². The molecule has 0 aromatic rings. The summed E-state index contributed by atoms with van der Waals surface area (Å²) in [5.74, 6) is 0.631. The first kappa shape index (κ1) is 13.3. The highest BCUT2D eigenvalue weighted by molar-refractivity contribution is 5.83. The van der Waals surface area contributed by atoms with E-state index in [1.54, 1.807) is 0 Å². The Labute approximate surface area is 108 Å². The molecule has 0 bridgehead atoms. The van der Waals surface area contributed by atoms with Crippen molar-refractivity contribution < 1.29 is 14.3 Å². The molecule has 2 amide bonds. The molecule has 5 nitrogen and oxygen atoms in total. The molecule has 2 rings (SSSR count). The molecule has 18 heavy (non-hydrogen) atoms. The largest absolute Gasteiger partial charge is 0.381 e. The smallest absolute Gasteiger partial charge is 0.227 e. The second kappa shape index (κ2) is 6.18. The molecule has 2 saturated heterocycles. The molecule has 102 valence electrons. The second-order valence-corrected chi connectivity index (χ2v) is 5.34. The molecule has 2 heterocycles. The molecular weight excluding hydrogens is 232 g/mol. The third-order valence-corrected chi connectivity index (χ3v) is 3.78. The topological polar surface area (TPSA) is 58.6 Å². The summed E-state index contributed by atoms with van der Waals surface area (Å²) in [5.41, 5.74) is 0. The summed E-state index contributed by atoms with van der Waals surface area (Å²) in [7, 11) is 1.85. The number of rotatable bonds is 3. The predicted octanol–water partition coefficient (Wildman–Crippen LogP) is 0.398. The van der Waals surface area contributed by atoms with Crippen molar-refractivity contribution in [3.8, 4) is 0 Å². The van der Waals surface area contributed by atoms with Crippen molar-refractivity contribution in [1.29, 1.82) is 0 Å². The summed E-state index contributed by atoms with van der Waals surface area (Å²) in [6.45, 7) is 2.87. The van der Waals surface area contributed by atoms with Crippen LogP contribution in [0.1, 0.15) is 25.7 Å². The molecule has 5 heteroatoms. The van der Waals surface area contributed by atoms with E-state index >= 15 is 0 Å². The lowest BCUT2D eigenvalue weighted by atomic mass is 9.96. The first-order valence-corrected chi connectivity index (χ1v) is 6.76. The summed E-state index contributed by atoms with van der Waals surface area (Å²) in [6, 6.07) is 0. The number of nitrogens with zero attached hydrogens (tertiary/aromatic N) is 1. The van der Waals surface area contributed by atoms with E-state index in [1.807, 2.05) is 11.9 Å². The highest BCUT2D eigenvalue weighted by atomic mass is 16.5. The molecule has 0 saturated carbocycles. The predicted molar refractivity (Wildman–Crippen MR) is 66.9 cm³/mol. The molecule has 0 aliphatic carbocycles. The minimum atomic E-state index is -0.0443. The molecule has 0 radical (unpaired) electrons. The van der Waals surface area contributed by atoms with E-state index < -0.39 is 0 Å². The van der Waals surface area contributed by atoms with Gasteiger partial charge in [0.2, 0.25) is 11.8 Å². The van der Waals surface area contributed by atoms with Crippen LogP contribution in [-0.4, -0.2) is 50.1 Å². The van der Waals surface area contributed by atoms with E-state index in [-0.39, 0.29) is 17.7 Å². The first-order chi connectivity index (χ1) is 8.66. The van der Waals surface area contributed by atoms with Crippen LogP contribution in [0.3, 0.4) is 0 Å². The Balaban J connectivity index is 1.78. The molecule has 2 fully saturated rings. The molecular formula is C13H22N2O3. The van der Waals surface area contributed by atoms with Gasteiger partial charge in [-0.1, -0.05) is 0 Å². The van der Waals surface area contributed by atoms with E-state index in [0.29, 0.717) is 25.3 Å². The van der Waals surface area contributed by atoms with E-state index in [1.165, 1.54) is 0 Å². The zero-order chi connectivity index (χ0) is 13.0. The van der Waals surface area contributed by atoms with Gasteiger partial charge in [-0.3, -0.25) is 9.59 Å². The van der Waals surface area contributed by atoms with Crippen LogP contribution in [-0.2, 0) is 14.3 Å². The fraction of sp³-hybridized carbons (Fsp3) is 0.846. The summed E-state index contributed by atoms with van der Waals surface area (Å²) < 4.78 is 5.43. The normalized spacial score (nSPS) is 28.6. The minimum absolute atomic E-state index is 0.0443. The molecule has 2 unspecified atom stereocenters. The fourth-order valence-corrected chi connectivity index (χ4v) is 2.68. The third-order valence-electron chi connectivity index (χ3n) is 3.78. The highest BCUT2D eigenvalue weighted by Gasteiger charge is 2.28. The lowest BCUT2D eigenvalue weighted by molar-refractivity contribution is -0.137. The minimum Gasteiger partial charge on any atom is -0.381 e. The number of hydrogen-bond acceptors (Lipinski definition) is 3. The van der Waals surface area contributed by atoms with Crippen LogP contribution >= 0.6 is 0 Å². The van der Waals surface area contributed by atoms with Crippen LogP contribution < -0.4 is 5.32 Å². The van der Waals surface area contributed by atoms with Crippen molar-refractivity contribution in [3.05, 3.63) is 0 Å². The van der Waals surface area contributed by atoms with E-state index in [9.17, 15) is 9.59 Å². The van der Waals surface area contributed by atoms with Gasteiger partial charge < -0.3 is 15.0 Å². The molecule has 0 aromatic heterocycles. The van der Waals surface area contributed by atoms with Crippen LogP contribution in [0.5, 0.6) is 0 Å². The van der Waals surface area contributed by atoms with E-state index in [4.69, 9.17) is 4.74 Å². The fourth-order valence-electron chi connectivity index (χ4n) is 2.68. The standard InChI is InChI=1S/C13H22N2O3/c1-15(8-10-3-2-6-18-9-10)13(17)11-4-5-12(16)14-7-11/h10-11H,2-9H2,1H3,(H,14,16). The van der Waals surface area contributed by atoms with Gasteiger partial charge in [-0.15, -0.1) is 0 Å². The Hall–Kier alpha value is -1.10. The Morgan fingerprint density at radius 1 is 1.50 bits per heavy atom. The number of carbonyl (C=O) groups excluding carboxylic acids is 2. The van der Waals surface area contributed by atoms with Gasteiger partial charge in [0.25, 0.3) is 0 Å². The Morgan fingerprint density at radius 3 is 2.94 bits per heavy atom. The average molecular weight is 254 g/mol. The van der Waals surface area contributed by atoms with Gasteiger partial charge in [-0.25, -0.2) is 0 Å². The van der Waals surface area contributed by atoms with Gasteiger partial charge in [-0.05, 0) is 25.2 Å². The Bertz CT molecular complexity index is 303. The molecule has 2 aliphatic rings. The molecule has 2 aliphatic heterocycles. The second-order valence-electron chi connectivity index (χ2n) is 5.34. The van der Waals surface area contributed by atoms with Gasteiger partial charge in [0.05, 0.1) is 12.5 Å². The summed E-state index contributed by atoms with van der Waals surface area (Å²) >= 11 is 0. The average Bonchev–Trinajstić information content (AvgIpc) is 2.40. The maximum Gasteiger partial charge on any atom is 0.227 e. The third kappa shape index (κ3) is 3.45. The van der Waals surface area contributed by atoms with Crippen molar-refractivity contribution in [2.24, 2.45) is 11.8 Å². The lowest BCUT2D eigenvalue weighted by Crippen LogP contribution is -2.45. The molecule has 2 atom stereocenters. The number of hydrogen-bond donors (Lipinski definition) is 1. The van der Waals surface area contributed by atoms with Crippen molar-refractivity contribution in [2.45, 2.75) is 25.7 Å². The first-order valence-electron chi connectivity index (χ1n) is 6.76. The maximum atomic E-state index is 12.2. The maximum absolute atomic E-state index is 12.2.